The summed E-state index contributed by atoms with van der Waals surface area (Å²) in [6.45, 7) is 4.06. The highest BCUT2D eigenvalue weighted by Crippen LogP contribution is 2.38. The van der Waals surface area contributed by atoms with Crippen molar-refractivity contribution >= 4 is 11.6 Å². The van der Waals surface area contributed by atoms with E-state index >= 15 is 0 Å². The molecular formula is C18H22ClNO. The van der Waals surface area contributed by atoms with Gasteiger partial charge in [-0.1, -0.05) is 49.7 Å². The smallest absolute Gasteiger partial charge is 0.0933 e. The zero-order chi connectivity index (χ0) is 15.3. The summed E-state index contributed by atoms with van der Waals surface area (Å²) >= 11 is 6.28. The Morgan fingerprint density at radius 2 is 1.86 bits per heavy atom. The van der Waals surface area contributed by atoms with Crippen LogP contribution in [0.15, 0.2) is 48.7 Å². The SMILES string of the molecule is CC(C)[C@@](O)(CCCc1ccccn1)c1ccccc1Cl. The minimum Gasteiger partial charge on any atom is -0.385 e. The van der Waals surface area contributed by atoms with Crippen LogP contribution in [0.25, 0.3) is 0 Å². The van der Waals surface area contributed by atoms with Gasteiger partial charge in [0.05, 0.1) is 5.60 Å². The van der Waals surface area contributed by atoms with E-state index in [0.717, 1.165) is 24.1 Å². The van der Waals surface area contributed by atoms with E-state index in [0.29, 0.717) is 11.4 Å². The fourth-order valence-electron chi connectivity index (χ4n) is 2.63. The van der Waals surface area contributed by atoms with Gasteiger partial charge in [-0.05, 0) is 43.4 Å². The topological polar surface area (TPSA) is 33.1 Å². The van der Waals surface area contributed by atoms with Gasteiger partial charge in [0.15, 0.2) is 0 Å². The third kappa shape index (κ3) is 3.84. The Morgan fingerprint density at radius 1 is 1.14 bits per heavy atom. The molecule has 1 N–H and O–H groups in total. The molecule has 0 unspecified atom stereocenters. The third-order valence-electron chi connectivity index (χ3n) is 4.01. The second-order valence-corrected chi connectivity index (χ2v) is 6.14. The van der Waals surface area contributed by atoms with Crippen molar-refractivity contribution in [3.8, 4) is 0 Å². The molecule has 21 heavy (non-hydrogen) atoms. The van der Waals surface area contributed by atoms with Crippen LogP contribution in [0.4, 0.5) is 0 Å². The van der Waals surface area contributed by atoms with Crippen molar-refractivity contribution in [2.75, 3.05) is 0 Å². The van der Waals surface area contributed by atoms with Crippen molar-refractivity contribution in [2.45, 2.75) is 38.7 Å². The number of aliphatic hydroxyl groups is 1. The summed E-state index contributed by atoms with van der Waals surface area (Å²) in [7, 11) is 0. The molecule has 0 fully saturated rings. The number of pyridine rings is 1. The molecule has 2 nitrogen and oxygen atoms in total. The molecule has 0 spiro atoms. The number of benzene rings is 1. The summed E-state index contributed by atoms with van der Waals surface area (Å²) < 4.78 is 0. The van der Waals surface area contributed by atoms with Gasteiger partial charge in [0.25, 0.3) is 0 Å². The van der Waals surface area contributed by atoms with Crippen molar-refractivity contribution in [3.63, 3.8) is 0 Å². The molecule has 1 atom stereocenters. The first kappa shape index (κ1) is 16.0. The molecule has 112 valence electrons. The zero-order valence-corrected chi connectivity index (χ0v) is 13.3. The lowest BCUT2D eigenvalue weighted by Crippen LogP contribution is -2.32. The van der Waals surface area contributed by atoms with E-state index in [1.54, 1.807) is 6.20 Å². The number of nitrogens with zero attached hydrogens (tertiary/aromatic N) is 1. The van der Waals surface area contributed by atoms with Gasteiger partial charge in [-0.2, -0.15) is 0 Å². The molecular weight excluding hydrogens is 282 g/mol. The van der Waals surface area contributed by atoms with Gasteiger partial charge in [0.2, 0.25) is 0 Å². The molecule has 0 aliphatic rings. The second-order valence-electron chi connectivity index (χ2n) is 5.73. The van der Waals surface area contributed by atoms with Crippen LogP contribution < -0.4 is 0 Å². The molecule has 0 saturated carbocycles. The number of hydrogen-bond acceptors (Lipinski definition) is 2. The van der Waals surface area contributed by atoms with Crippen molar-refractivity contribution in [2.24, 2.45) is 5.92 Å². The van der Waals surface area contributed by atoms with Gasteiger partial charge in [-0.15, -0.1) is 0 Å². The molecule has 1 aromatic carbocycles. The van der Waals surface area contributed by atoms with Crippen molar-refractivity contribution in [1.82, 2.24) is 4.98 Å². The van der Waals surface area contributed by atoms with Crippen molar-refractivity contribution in [3.05, 3.63) is 64.9 Å². The van der Waals surface area contributed by atoms with Gasteiger partial charge < -0.3 is 5.11 Å². The average molecular weight is 304 g/mol. The third-order valence-corrected chi connectivity index (χ3v) is 4.34. The maximum Gasteiger partial charge on any atom is 0.0933 e. The maximum absolute atomic E-state index is 11.1. The molecule has 0 saturated heterocycles. The zero-order valence-electron chi connectivity index (χ0n) is 12.6. The van der Waals surface area contributed by atoms with Crippen molar-refractivity contribution < 1.29 is 5.11 Å². The Kier molecular flexibility index (Phi) is 5.38. The predicted molar refractivity (Wildman–Crippen MR) is 87.4 cm³/mol. The van der Waals surface area contributed by atoms with Crippen LogP contribution in [0, 0.1) is 5.92 Å². The average Bonchev–Trinajstić information content (AvgIpc) is 2.48. The molecule has 1 heterocycles. The number of rotatable bonds is 6. The van der Waals surface area contributed by atoms with Gasteiger partial charge in [-0.25, -0.2) is 0 Å². The van der Waals surface area contributed by atoms with E-state index in [-0.39, 0.29) is 5.92 Å². The first-order chi connectivity index (χ1) is 10.0. The molecule has 3 heteroatoms. The quantitative estimate of drug-likeness (QED) is 0.846. The minimum atomic E-state index is -0.896. The summed E-state index contributed by atoms with van der Waals surface area (Å²) in [5.74, 6) is 0.0983. The largest absolute Gasteiger partial charge is 0.385 e. The van der Waals surface area contributed by atoms with Crippen LogP contribution in [0.2, 0.25) is 5.02 Å². The fourth-order valence-corrected chi connectivity index (χ4v) is 2.93. The standard InChI is InChI=1S/C18H22ClNO/c1-14(2)18(21,16-10-3-4-11-17(16)19)12-7-9-15-8-5-6-13-20-15/h3-6,8,10-11,13-14,21H,7,9,12H2,1-2H3/t18-/m0/s1. The predicted octanol–water partition coefficient (Wildman–Crippen LogP) is 4.60. The number of hydrogen-bond donors (Lipinski definition) is 1. The second kappa shape index (κ2) is 7.06. The van der Waals surface area contributed by atoms with Crippen LogP contribution in [0.5, 0.6) is 0 Å². The van der Waals surface area contributed by atoms with Gasteiger partial charge in [0.1, 0.15) is 0 Å². The molecule has 2 rings (SSSR count). The van der Waals surface area contributed by atoms with E-state index in [1.807, 2.05) is 56.3 Å². The number of aromatic nitrogens is 1. The van der Waals surface area contributed by atoms with E-state index in [2.05, 4.69) is 4.98 Å². The van der Waals surface area contributed by atoms with Crippen LogP contribution in [0.1, 0.15) is 37.9 Å². The highest BCUT2D eigenvalue weighted by Gasteiger charge is 2.34. The summed E-state index contributed by atoms with van der Waals surface area (Å²) in [6, 6.07) is 13.5. The fraction of sp³-hybridized carbons (Fsp3) is 0.389. The van der Waals surface area contributed by atoms with E-state index in [4.69, 9.17) is 11.6 Å². The highest BCUT2D eigenvalue weighted by molar-refractivity contribution is 6.31. The maximum atomic E-state index is 11.1. The van der Waals surface area contributed by atoms with Crippen LogP contribution >= 0.6 is 11.6 Å². The first-order valence-corrected chi connectivity index (χ1v) is 7.79. The Morgan fingerprint density at radius 3 is 2.48 bits per heavy atom. The molecule has 0 bridgehead atoms. The van der Waals surface area contributed by atoms with E-state index < -0.39 is 5.60 Å². The Balaban J connectivity index is 2.10. The Bertz CT molecular complexity index is 570. The molecule has 0 radical (unpaired) electrons. The molecule has 1 aromatic heterocycles. The lowest BCUT2D eigenvalue weighted by Gasteiger charge is -2.33. The van der Waals surface area contributed by atoms with E-state index in [1.165, 1.54) is 0 Å². The summed E-state index contributed by atoms with van der Waals surface area (Å²) in [5, 5.41) is 11.7. The Labute approximate surface area is 131 Å². The van der Waals surface area contributed by atoms with Gasteiger partial charge >= 0.3 is 0 Å². The summed E-state index contributed by atoms with van der Waals surface area (Å²) in [4.78, 5) is 4.33. The van der Waals surface area contributed by atoms with E-state index in [9.17, 15) is 5.11 Å². The number of halogens is 1. The summed E-state index contributed by atoms with van der Waals surface area (Å²) in [6.07, 6.45) is 4.21. The monoisotopic (exact) mass is 303 g/mol. The molecule has 2 aromatic rings. The minimum absolute atomic E-state index is 0.0983. The molecule has 0 amide bonds. The lowest BCUT2D eigenvalue weighted by molar-refractivity contribution is -0.0201. The van der Waals surface area contributed by atoms with Crippen molar-refractivity contribution in [1.29, 1.82) is 0 Å². The van der Waals surface area contributed by atoms with Crippen LogP contribution in [-0.2, 0) is 12.0 Å². The van der Waals surface area contributed by atoms with Crippen LogP contribution in [-0.4, -0.2) is 10.1 Å². The highest BCUT2D eigenvalue weighted by atomic mass is 35.5. The van der Waals surface area contributed by atoms with Gasteiger partial charge in [-0.3, -0.25) is 4.98 Å². The molecule has 0 aliphatic heterocycles. The number of aryl methyl sites for hydroxylation is 1. The van der Waals surface area contributed by atoms with Crippen LogP contribution in [0.3, 0.4) is 0 Å². The Hall–Kier alpha value is -1.38. The van der Waals surface area contributed by atoms with Gasteiger partial charge in [0, 0.05) is 22.5 Å². The summed E-state index contributed by atoms with van der Waals surface area (Å²) in [5.41, 5.74) is 0.984. The molecule has 0 aliphatic carbocycles. The first-order valence-electron chi connectivity index (χ1n) is 7.41. The lowest BCUT2D eigenvalue weighted by atomic mass is 9.79. The normalized spacial score (nSPS) is 14.1.